The lowest BCUT2D eigenvalue weighted by Crippen LogP contribution is -2.53. The third-order valence-electron chi connectivity index (χ3n) is 3.21. The number of hydrogen-bond acceptors (Lipinski definition) is 4. The fourth-order valence-corrected chi connectivity index (χ4v) is 2.51. The van der Waals surface area contributed by atoms with Crippen LogP contribution in [0, 0.1) is 0 Å². The Morgan fingerprint density at radius 1 is 1.29 bits per heavy atom. The lowest BCUT2D eigenvalue weighted by molar-refractivity contribution is -0.109. The number of nitrogens with zero attached hydrogens (tertiary/aromatic N) is 2. The quantitative estimate of drug-likeness (QED) is 0.619. The third-order valence-corrected chi connectivity index (χ3v) is 3.21. The number of likely N-dealkylation sites (tertiary alicyclic amines) is 1. The molecule has 0 radical (unpaired) electrons. The number of carbonyl (C=O) groups excluding carboxylic acids is 1. The van der Waals surface area contributed by atoms with Crippen LogP contribution in [-0.2, 0) is 4.79 Å². The van der Waals surface area contributed by atoms with Crippen LogP contribution >= 0.6 is 0 Å². The molecule has 0 bridgehead atoms. The van der Waals surface area contributed by atoms with Gasteiger partial charge in [-0.25, -0.2) is 0 Å². The average Bonchev–Trinajstić information content (AvgIpc) is 2.68. The Kier molecular flexibility index (Phi) is 3.50. The summed E-state index contributed by atoms with van der Waals surface area (Å²) in [6.07, 6.45) is 4.03. The molecule has 2 aliphatic heterocycles. The Balaban J connectivity index is 1.90. The van der Waals surface area contributed by atoms with Gasteiger partial charge in [-0.05, 0) is 12.8 Å². The van der Waals surface area contributed by atoms with Crippen molar-refractivity contribution in [3.05, 3.63) is 0 Å². The predicted molar refractivity (Wildman–Crippen MR) is 55.1 cm³/mol. The molecule has 0 aromatic heterocycles. The van der Waals surface area contributed by atoms with Gasteiger partial charge in [0, 0.05) is 32.7 Å². The molecule has 0 aliphatic carbocycles. The van der Waals surface area contributed by atoms with Gasteiger partial charge in [0.15, 0.2) is 0 Å². The summed E-state index contributed by atoms with van der Waals surface area (Å²) in [6.45, 7) is 6.12. The van der Waals surface area contributed by atoms with Gasteiger partial charge in [-0.2, -0.15) is 0 Å². The van der Waals surface area contributed by atoms with Gasteiger partial charge >= 0.3 is 0 Å². The normalized spacial score (nSPS) is 30.7. The molecule has 0 spiro atoms. The Labute approximate surface area is 85.2 Å². The summed E-state index contributed by atoms with van der Waals surface area (Å²) in [7, 11) is 0. The van der Waals surface area contributed by atoms with Crippen molar-refractivity contribution in [2.45, 2.75) is 19.0 Å². The zero-order valence-corrected chi connectivity index (χ0v) is 8.61. The highest BCUT2D eigenvalue weighted by molar-refractivity contribution is 5.52. The van der Waals surface area contributed by atoms with Gasteiger partial charge in [0.25, 0.3) is 0 Å². The topological polar surface area (TPSA) is 35.6 Å². The van der Waals surface area contributed by atoms with Gasteiger partial charge in [0.1, 0.15) is 6.29 Å². The Hall–Kier alpha value is -0.450. The Morgan fingerprint density at radius 2 is 2.07 bits per heavy atom. The van der Waals surface area contributed by atoms with Crippen LogP contribution in [0.2, 0.25) is 0 Å². The first-order valence-corrected chi connectivity index (χ1v) is 5.54. The zero-order chi connectivity index (χ0) is 9.80. The van der Waals surface area contributed by atoms with Crippen molar-refractivity contribution in [3.8, 4) is 0 Å². The van der Waals surface area contributed by atoms with Crippen LogP contribution in [0.3, 0.4) is 0 Å². The fraction of sp³-hybridized carbons (Fsp3) is 0.900. The van der Waals surface area contributed by atoms with Gasteiger partial charge in [-0.1, -0.05) is 0 Å². The maximum absolute atomic E-state index is 10.5. The van der Waals surface area contributed by atoms with E-state index in [0.29, 0.717) is 12.7 Å². The molecular formula is C10H19N3O. The molecule has 1 unspecified atom stereocenters. The lowest BCUT2D eigenvalue weighted by Gasteiger charge is -2.37. The molecule has 0 aromatic carbocycles. The molecule has 2 heterocycles. The first-order chi connectivity index (χ1) is 6.92. The van der Waals surface area contributed by atoms with Gasteiger partial charge < -0.3 is 10.1 Å². The van der Waals surface area contributed by atoms with Crippen molar-refractivity contribution in [3.63, 3.8) is 0 Å². The molecule has 4 nitrogen and oxygen atoms in total. The van der Waals surface area contributed by atoms with E-state index in [9.17, 15) is 4.79 Å². The minimum absolute atomic E-state index is 0.530. The van der Waals surface area contributed by atoms with Crippen molar-refractivity contribution >= 4 is 6.29 Å². The predicted octanol–water partition coefficient (Wildman–Crippen LogP) is -0.488. The number of carbonyl (C=O) groups is 1. The molecule has 14 heavy (non-hydrogen) atoms. The van der Waals surface area contributed by atoms with E-state index in [1.807, 2.05) is 0 Å². The van der Waals surface area contributed by atoms with E-state index in [4.69, 9.17) is 0 Å². The molecule has 0 saturated carbocycles. The second-order valence-electron chi connectivity index (χ2n) is 4.07. The Bertz CT molecular complexity index is 192. The summed E-state index contributed by atoms with van der Waals surface area (Å²) in [6, 6.07) is 0. The SMILES string of the molecule is O=CCN1CCCC1N1CCNCC1. The van der Waals surface area contributed by atoms with E-state index in [-0.39, 0.29) is 0 Å². The summed E-state index contributed by atoms with van der Waals surface area (Å²) in [5, 5.41) is 3.36. The summed E-state index contributed by atoms with van der Waals surface area (Å²) in [5.41, 5.74) is 0. The van der Waals surface area contributed by atoms with Gasteiger partial charge in [-0.15, -0.1) is 0 Å². The van der Waals surface area contributed by atoms with Crippen molar-refractivity contribution < 1.29 is 4.79 Å². The summed E-state index contributed by atoms with van der Waals surface area (Å²) in [5.74, 6) is 0. The first kappa shape index (κ1) is 10.1. The molecule has 0 amide bonds. The number of piperazine rings is 1. The van der Waals surface area contributed by atoms with Crippen molar-refractivity contribution in [1.29, 1.82) is 0 Å². The monoisotopic (exact) mass is 197 g/mol. The minimum Gasteiger partial charge on any atom is -0.314 e. The molecule has 2 rings (SSSR count). The van der Waals surface area contributed by atoms with Crippen LogP contribution < -0.4 is 5.32 Å². The number of nitrogens with one attached hydrogen (secondary N) is 1. The van der Waals surface area contributed by atoms with Crippen molar-refractivity contribution in [2.75, 3.05) is 39.3 Å². The molecule has 2 aliphatic rings. The molecule has 2 saturated heterocycles. The first-order valence-electron chi connectivity index (χ1n) is 5.54. The van der Waals surface area contributed by atoms with Crippen LogP contribution in [0.4, 0.5) is 0 Å². The molecule has 80 valence electrons. The van der Waals surface area contributed by atoms with Gasteiger partial charge in [0.2, 0.25) is 0 Å². The summed E-state index contributed by atoms with van der Waals surface area (Å²) in [4.78, 5) is 15.3. The summed E-state index contributed by atoms with van der Waals surface area (Å²) < 4.78 is 0. The van der Waals surface area contributed by atoms with Crippen molar-refractivity contribution in [2.24, 2.45) is 0 Å². The molecule has 1 atom stereocenters. The van der Waals surface area contributed by atoms with Crippen molar-refractivity contribution in [1.82, 2.24) is 15.1 Å². The van der Waals surface area contributed by atoms with E-state index < -0.39 is 0 Å². The molecular weight excluding hydrogens is 178 g/mol. The minimum atomic E-state index is 0.530. The standard InChI is InChI=1S/C10H19N3O/c14-9-8-12-5-1-2-10(12)13-6-3-11-4-7-13/h9-11H,1-8H2. The van der Waals surface area contributed by atoms with Crippen LogP contribution in [-0.4, -0.2) is 61.5 Å². The zero-order valence-electron chi connectivity index (χ0n) is 8.61. The average molecular weight is 197 g/mol. The Morgan fingerprint density at radius 3 is 2.79 bits per heavy atom. The van der Waals surface area contributed by atoms with Gasteiger partial charge in [-0.3, -0.25) is 9.80 Å². The molecule has 4 heteroatoms. The highest BCUT2D eigenvalue weighted by Gasteiger charge is 2.29. The fourth-order valence-electron chi connectivity index (χ4n) is 2.51. The van der Waals surface area contributed by atoms with Crippen LogP contribution in [0.15, 0.2) is 0 Å². The van der Waals surface area contributed by atoms with Crippen LogP contribution in [0.25, 0.3) is 0 Å². The van der Waals surface area contributed by atoms with Crippen LogP contribution in [0.5, 0.6) is 0 Å². The van der Waals surface area contributed by atoms with E-state index >= 15 is 0 Å². The highest BCUT2D eigenvalue weighted by Crippen LogP contribution is 2.20. The molecule has 1 N–H and O–H groups in total. The maximum Gasteiger partial charge on any atom is 0.134 e. The van der Waals surface area contributed by atoms with E-state index in [0.717, 1.165) is 39.0 Å². The van der Waals surface area contributed by atoms with E-state index in [1.54, 1.807) is 0 Å². The third kappa shape index (κ3) is 2.13. The maximum atomic E-state index is 10.5. The van der Waals surface area contributed by atoms with E-state index in [1.165, 1.54) is 12.8 Å². The molecule has 2 fully saturated rings. The number of aldehydes is 1. The molecule has 0 aromatic rings. The summed E-state index contributed by atoms with van der Waals surface area (Å²) >= 11 is 0. The highest BCUT2D eigenvalue weighted by atomic mass is 16.1. The lowest BCUT2D eigenvalue weighted by atomic mass is 10.2. The number of rotatable bonds is 3. The second-order valence-corrected chi connectivity index (χ2v) is 4.07. The van der Waals surface area contributed by atoms with Gasteiger partial charge in [0.05, 0.1) is 12.7 Å². The smallest absolute Gasteiger partial charge is 0.134 e. The second kappa shape index (κ2) is 4.87. The largest absolute Gasteiger partial charge is 0.314 e. The number of hydrogen-bond donors (Lipinski definition) is 1. The van der Waals surface area contributed by atoms with Crippen LogP contribution in [0.1, 0.15) is 12.8 Å². The van der Waals surface area contributed by atoms with E-state index in [2.05, 4.69) is 15.1 Å².